The molecule has 1 aliphatic carbocycles. The van der Waals surface area contributed by atoms with E-state index in [4.69, 9.17) is 5.73 Å². The number of para-hydroxylation sites is 1. The Kier molecular flexibility index (Phi) is 3.58. The normalized spacial score (nSPS) is 22.9. The average molecular weight is 257 g/mol. The molecular formula is C16H23N3. The summed E-state index contributed by atoms with van der Waals surface area (Å²) in [4.78, 5) is 5.79. The third-order valence-corrected chi connectivity index (χ3v) is 4.28. The van der Waals surface area contributed by atoms with Crippen molar-refractivity contribution in [3.8, 4) is 0 Å². The van der Waals surface area contributed by atoms with Gasteiger partial charge in [-0.25, -0.2) is 0 Å². The molecule has 1 aromatic heterocycles. The Bertz CT molecular complexity index is 540. The highest BCUT2D eigenvalue weighted by Crippen LogP contribution is 2.26. The van der Waals surface area contributed by atoms with Crippen LogP contribution in [0.25, 0.3) is 10.9 Å². The molecule has 0 radical (unpaired) electrons. The van der Waals surface area contributed by atoms with Crippen molar-refractivity contribution in [2.24, 2.45) is 11.7 Å². The molecule has 0 amide bonds. The third-order valence-electron chi connectivity index (χ3n) is 4.28. The molecule has 19 heavy (non-hydrogen) atoms. The summed E-state index contributed by atoms with van der Waals surface area (Å²) >= 11 is 0. The van der Waals surface area contributed by atoms with E-state index in [-0.39, 0.29) is 0 Å². The van der Waals surface area contributed by atoms with Gasteiger partial charge in [-0.3, -0.25) is 0 Å². The molecule has 1 aliphatic rings. The topological polar surface area (TPSA) is 45.0 Å². The lowest BCUT2D eigenvalue weighted by Gasteiger charge is -2.35. The molecule has 0 spiro atoms. The van der Waals surface area contributed by atoms with Crippen LogP contribution in [-0.4, -0.2) is 36.1 Å². The summed E-state index contributed by atoms with van der Waals surface area (Å²) in [6, 6.07) is 8.99. The fourth-order valence-electron chi connectivity index (χ4n) is 3.12. The first-order chi connectivity index (χ1) is 9.22. The largest absolute Gasteiger partial charge is 0.361 e. The minimum absolute atomic E-state index is 0.465. The van der Waals surface area contributed by atoms with Crippen molar-refractivity contribution in [3.05, 3.63) is 36.0 Å². The van der Waals surface area contributed by atoms with Crippen molar-refractivity contribution in [1.82, 2.24) is 9.88 Å². The fourth-order valence-corrected chi connectivity index (χ4v) is 3.12. The quantitative estimate of drug-likeness (QED) is 0.864. The van der Waals surface area contributed by atoms with Gasteiger partial charge in [0.05, 0.1) is 0 Å². The highest BCUT2D eigenvalue weighted by molar-refractivity contribution is 5.83. The van der Waals surface area contributed by atoms with E-state index in [1.807, 2.05) is 0 Å². The van der Waals surface area contributed by atoms with Crippen LogP contribution in [0.3, 0.4) is 0 Å². The molecular weight excluding hydrogens is 234 g/mol. The van der Waals surface area contributed by atoms with E-state index in [0.717, 1.165) is 18.9 Å². The van der Waals surface area contributed by atoms with Gasteiger partial charge in [-0.15, -0.1) is 0 Å². The molecule has 3 nitrogen and oxygen atoms in total. The van der Waals surface area contributed by atoms with Gasteiger partial charge < -0.3 is 15.6 Å². The second kappa shape index (κ2) is 5.35. The van der Waals surface area contributed by atoms with Crippen molar-refractivity contribution in [2.75, 3.05) is 20.1 Å². The number of rotatable bonds is 5. The zero-order valence-electron chi connectivity index (χ0n) is 11.6. The zero-order chi connectivity index (χ0) is 13.2. The van der Waals surface area contributed by atoms with Gasteiger partial charge in [0.15, 0.2) is 0 Å². The number of aromatic amines is 1. The highest BCUT2D eigenvalue weighted by Gasteiger charge is 2.26. The minimum Gasteiger partial charge on any atom is -0.361 e. The molecule has 0 atom stereocenters. The van der Waals surface area contributed by atoms with Gasteiger partial charge >= 0.3 is 0 Å². The van der Waals surface area contributed by atoms with E-state index in [0.29, 0.717) is 6.04 Å². The van der Waals surface area contributed by atoms with Gasteiger partial charge in [0, 0.05) is 36.2 Å². The standard InChI is InChI=1S/C16H23N3/c1-19(11-12-8-14(17)9-12)7-6-13-10-18-16-5-3-2-4-15(13)16/h2-5,10,12,14,18H,6-9,11,17H2,1H3. The zero-order valence-corrected chi connectivity index (χ0v) is 11.6. The van der Waals surface area contributed by atoms with Gasteiger partial charge in [0.1, 0.15) is 0 Å². The number of aromatic nitrogens is 1. The number of nitrogens with one attached hydrogen (secondary N) is 1. The Morgan fingerprint density at radius 2 is 2.11 bits per heavy atom. The molecule has 1 saturated carbocycles. The Labute approximate surface area is 114 Å². The number of fused-ring (bicyclic) bond motifs is 1. The summed E-state index contributed by atoms with van der Waals surface area (Å²) < 4.78 is 0. The second-order valence-corrected chi connectivity index (χ2v) is 5.97. The van der Waals surface area contributed by atoms with Crippen LogP contribution in [0.15, 0.2) is 30.5 Å². The number of nitrogens with zero attached hydrogens (tertiary/aromatic N) is 1. The van der Waals surface area contributed by atoms with Crippen LogP contribution in [0, 0.1) is 5.92 Å². The lowest BCUT2D eigenvalue weighted by molar-refractivity contribution is 0.184. The van der Waals surface area contributed by atoms with Crippen LogP contribution >= 0.6 is 0 Å². The van der Waals surface area contributed by atoms with Gasteiger partial charge in [-0.05, 0) is 43.9 Å². The first kappa shape index (κ1) is 12.7. The molecule has 0 unspecified atom stereocenters. The maximum Gasteiger partial charge on any atom is 0.0456 e. The van der Waals surface area contributed by atoms with Crippen LogP contribution in [0.1, 0.15) is 18.4 Å². The fraction of sp³-hybridized carbons (Fsp3) is 0.500. The van der Waals surface area contributed by atoms with Gasteiger partial charge in [-0.1, -0.05) is 18.2 Å². The van der Waals surface area contributed by atoms with Crippen molar-refractivity contribution in [3.63, 3.8) is 0 Å². The molecule has 1 heterocycles. The van der Waals surface area contributed by atoms with E-state index >= 15 is 0 Å². The molecule has 1 fully saturated rings. The average Bonchev–Trinajstić information content (AvgIpc) is 2.78. The summed E-state index contributed by atoms with van der Waals surface area (Å²) in [6.45, 7) is 2.31. The Morgan fingerprint density at radius 1 is 1.32 bits per heavy atom. The highest BCUT2D eigenvalue weighted by atomic mass is 15.1. The smallest absolute Gasteiger partial charge is 0.0456 e. The predicted molar refractivity (Wildman–Crippen MR) is 80.2 cm³/mol. The Morgan fingerprint density at radius 3 is 2.89 bits per heavy atom. The summed E-state index contributed by atoms with van der Waals surface area (Å²) in [5, 5.41) is 1.36. The van der Waals surface area contributed by atoms with Gasteiger partial charge in [0.2, 0.25) is 0 Å². The van der Waals surface area contributed by atoms with Crippen molar-refractivity contribution in [2.45, 2.75) is 25.3 Å². The second-order valence-electron chi connectivity index (χ2n) is 5.97. The number of hydrogen-bond acceptors (Lipinski definition) is 2. The predicted octanol–water partition coefficient (Wildman–Crippen LogP) is 2.38. The number of H-pyrrole nitrogens is 1. The molecule has 1 aromatic carbocycles. The number of nitrogens with two attached hydrogens (primary N) is 1. The molecule has 2 aromatic rings. The first-order valence-corrected chi connectivity index (χ1v) is 7.21. The SMILES string of the molecule is CN(CCc1c[nH]c2ccccc12)CC1CC(N)C1. The van der Waals surface area contributed by atoms with E-state index < -0.39 is 0 Å². The number of benzene rings is 1. The summed E-state index contributed by atoms with van der Waals surface area (Å²) in [6.07, 6.45) is 5.67. The van der Waals surface area contributed by atoms with E-state index in [9.17, 15) is 0 Å². The molecule has 3 N–H and O–H groups in total. The monoisotopic (exact) mass is 257 g/mol. The van der Waals surface area contributed by atoms with Gasteiger partial charge in [-0.2, -0.15) is 0 Å². The van der Waals surface area contributed by atoms with E-state index in [1.165, 1.54) is 35.9 Å². The van der Waals surface area contributed by atoms with Crippen molar-refractivity contribution in [1.29, 1.82) is 0 Å². The van der Waals surface area contributed by atoms with E-state index in [1.54, 1.807) is 0 Å². The van der Waals surface area contributed by atoms with Crippen molar-refractivity contribution < 1.29 is 0 Å². The molecule has 0 bridgehead atoms. The van der Waals surface area contributed by atoms with Crippen molar-refractivity contribution >= 4 is 10.9 Å². The number of likely N-dealkylation sites (N-methyl/N-ethyl adjacent to an activating group) is 1. The molecule has 0 aliphatic heterocycles. The Hall–Kier alpha value is -1.32. The molecule has 0 saturated heterocycles. The third kappa shape index (κ3) is 2.82. The lowest BCUT2D eigenvalue weighted by Crippen LogP contribution is -2.42. The van der Waals surface area contributed by atoms with Crippen LogP contribution in [0.4, 0.5) is 0 Å². The lowest BCUT2D eigenvalue weighted by atomic mass is 9.80. The maximum atomic E-state index is 5.84. The summed E-state index contributed by atoms with van der Waals surface area (Å²) in [5.41, 5.74) is 8.50. The van der Waals surface area contributed by atoms with Crippen LogP contribution in [-0.2, 0) is 6.42 Å². The summed E-state index contributed by atoms with van der Waals surface area (Å²) in [7, 11) is 2.22. The van der Waals surface area contributed by atoms with Gasteiger partial charge in [0.25, 0.3) is 0 Å². The molecule has 3 rings (SSSR count). The first-order valence-electron chi connectivity index (χ1n) is 7.21. The minimum atomic E-state index is 0.465. The van der Waals surface area contributed by atoms with Crippen LogP contribution in [0.2, 0.25) is 0 Å². The number of hydrogen-bond donors (Lipinski definition) is 2. The van der Waals surface area contributed by atoms with Crippen LogP contribution < -0.4 is 5.73 Å². The molecule has 3 heteroatoms. The Balaban J connectivity index is 1.54. The van der Waals surface area contributed by atoms with Crippen LogP contribution in [0.5, 0.6) is 0 Å². The maximum absolute atomic E-state index is 5.84. The summed E-state index contributed by atoms with van der Waals surface area (Å²) in [5.74, 6) is 0.822. The van der Waals surface area contributed by atoms with E-state index in [2.05, 4.69) is 47.4 Å². The molecule has 102 valence electrons.